The Hall–Kier alpha value is -3.11. The number of halogens is 1. The Morgan fingerprint density at radius 1 is 1.28 bits per heavy atom. The highest BCUT2D eigenvalue weighted by Gasteiger charge is 2.22. The first-order valence-corrected chi connectivity index (χ1v) is 11.7. The SMILES string of the molecule is CCCn1nc(C)cc1CN(C)c1ncc(NS(=O)(=O)c2ccccc2Cl)cc1C(=O)O. The van der Waals surface area contributed by atoms with E-state index in [1.807, 2.05) is 17.7 Å². The van der Waals surface area contributed by atoms with Crippen LogP contribution in [0.5, 0.6) is 0 Å². The lowest BCUT2D eigenvalue weighted by molar-refractivity contribution is 0.0697. The number of benzene rings is 1. The lowest BCUT2D eigenvalue weighted by Crippen LogP contribution is -2.23. The minimum Gasteiger partial charge on any atom is -0.478 e. The van der Waals surface area contributed by atoms with Crippen LogP contribution in [0.4, 0.5) is 11.5 Å². The van der Waals surface area contributed by atoms with Crippen molar-refractivity contribution in [1.29, 1.82) is 0 Å². The fourth-order valence-electron chi connectivity index (χ4n) is 3.30. The van der Waals surface area contributed by atoms with E-state index in [0.29, 0.717) is 6.54 Å². The van der Waals surface area contributed by atoms with Crippen LogP contribution in [0.15, 0.2) is 47.5 Å². The van der Waals surface area contributed by atoms with Gasteiger partial charge in [0, 0.05) is 13.6 Å². The van der Waals surface area contributed by atoms with Crippen molar-refractivity contribution in [3.63, 3.8) is 0 Å². The molecule has 0 aliphatic rings. The van der Waals surface area contributed by atoms with E-state index in [1.165, 1.54) is 24.4 Å². The van der Waals surface area contributed by atoms with Gasteiger partial charge in [-0.2, -0.15) is 5.10 Å². The molecule has 3 aromatic rings. The van der Waals surface area contributed by atoms with E-state index in [9.17, 15) is 18.3 Å². The Kier molecular flexibility index (Phi) is 7.05. The topological polar surface area (TPSA) is 117 Å². The second kappa shape index (κ2) is 9.58. The minimum absolute atomic E-state index is 0.0198. The number of anilines is 2. The molecule has 0 saturated heterocycles. The molecule has 0 saturated carbocycles. The van der Waals surface area contributed by atoms with E-state index in [4.69, 9.17) is 11.6 Å². The largest absolute Gasteiger partial charge is 0.478 e. The number of pyridine rings is 1. The Morgan fingerprint density at radius 3 is 2.66 bits per heavy atom. The van der Waals surface area contributed by atoms with Crippen LogP contribution >= 0.6 is 11.6 Å². The number of nitrogens with one attached hydrogen (secondary N) is 1. The van der Waals surface area contributed by atoms with Gasteiger partial charge >= 0.3 is 5.97 Å². The lowest BCUT2D eigenvalue weighted by Gasteiger charge is -2.21. The summed E-state index contributed by atoms with van der Waals surface area (Å²) in [5.74, 6) is -1.02. The number of hydrogen-bond acceptors (Lipinski definition) is 6. The zero-order valence-electron chi connectivity index (χ0n) is 17.9. The predicted octanol–water partition coefficient (Wildman–Crippen LogP) is 3.79. The van der Waals surface area contributed by atoms with Crippen LogP contribution in [0.2, 0.25) is 5.02 Å². The monoisotopic (exact) mass is 477 g/mol. The second-order valence-electron chi connectivity index (χ2n) is 7.29. The zero-order chi connectivity index (χ0) is 23.5. The van der Waals surface area contributed by atoms with Gasteiger partial charge < -0.3 is 10.0 Å². The molecule has 0 bridgehead atoms. The van der Waals surface area contributed by atoms with Crippen LogP contribution in [0.25, 0.3) is 0 Å². The van der Waals surface area contributed by atoms with Gasteiger partial charge in [-0.05, 0) is 37.6 Å². The fourth-order valence-corrected chi connectivity index (χ4v) is 4.85. The van der Waals surface area contributed by atoms with Gasteiger partial charge in [0.05, 0.1) is 34.8 Å². The van der Waals surface area contributed by atoms with E-state index < -0.39 is 16.0 Å². The molecule has 32 heavy (non-hydrogen) atoms. The van der Waals surface area contributed by atoms with Gasteiger partial charge in [0.2, 0.25) is 0 Å². The molecule has 0 aliphatic carbocycles. The molecule has 2 N–H and O–H groups in total. The number of rotatable bonds is 9. The summed E-state index contributed by atoms with van der Waals surface area (Å²) >= 11 is 5.99. The number of carbonyl (C=O) groups is 1. The molecular weight excluding hydrogens is 454 g/mol. The third-order valence-electron chi connectivity index (χ3n) is 4.66. The molecular formula is C21H24ClN5O4S. The number of nitrogens with zero attached hydrogens (tertiary/aromatic N) is 4. The smallest absolute Gasteiger partial charge is 0.339 e. The number of aromatic carboxylic acids is 1. The molecule has 0 radical (unpaired) electrons. The molecule has 1 aromatic carbocycles. The molecule has 0 amide bonds. The van der Waals surface area contributed by atoms with Crippen LogP contribution in [-0.2, 0) is 23.1 Å². The summed E-state index contributed by atoms with van der Waals surface area (Å²) in [6.07, 6.45) is 2.19. The van der Waals surface area contributed by atoms with Crippen LogP contribution < -0.4 is 9.62 Å². The van der Waals surface area contributed by atoms with Gasteiger partial charge in [0.15, 0.2) is 0 Å². The average molecular weight is 478 g/mol. The van der Waals surface area contributed by atoms with Gasteiger partial charge in [0.25, 0.3) is 10.0 Å². The summed E-state index contributed by atoms with van der Waals surface area (Å²) in [6.45, 7) is 5.09. The molecule has 2 aromatic heterocycles. The van der Waals surface area contributed by atoms with E-state index in [0.717, 1.165) is 24.4 Å². The highest BCUT2D eigenvalue weighted by Crippen LogP contribution is 2.26. The Morgan fingerprint density at radius 2 is 2.00 bits per heavy atom. The van der Waals surface area contributed by atoms with Crippen molar-refractivity contribution >= 4 is 39.1 Å². The van der Waals surface area contributed by atoms with Gasteiger partial charge in [-0.1, -0.05) is 30.7 Å². The number of aromatic nitrogens is 3. The molecule has 11 heteroatoms. The molecule has 0 fully saturated rings. The first-order valence-electron chi connectivity index (χ1n) is 9.87. The number of carboxylic acids is 1. The van der Waals surface area contributed by atoms with E-state index in [-0.39, 0.29) is 27.0 Å². The highest BCUT2D eigenvalue weighted by molar-refractivity contribution is 7.92. The van der Waals surface area contributed by atoms with Crippen LogP contribution in [0.1, 0.15) is 35.1 Å². The minimum atomic E-state index is -4.02. The van der Waals surface area contributed by atoms with Gasteiger partial charge in [0.1, 0.15) is 16.3 Å². The average Bonchev–Trinajstić information content (AvgIpc) is 3.06. The molecule has 0 unspecified atom stereocenters. The normalized spacial score (nSPS) is 11.4. The number of hydrogen-bond donors (Lipinski definition) is 2. The molecule has 170 valence electrons. The maximum atomic E-state index is 12.7. The van der Waals surface area contributed by atoms with Crippen molar-refractivity contribution in [2.24, 2.45) is 0 Å². The van der Waals surface area contributed by atoms with Gasteiger partial charge in [-0.15, -0.1) is 0 Å². The summed E-state index contributed by atoms with van der Waals surface area (Å²) in [4.78, 5) is 17.7. The standard InChI is InChI=1S/C21H24ClN5O4S/c1-4-9-27-16(10-14(2)24-27)13-26(3)20-17(21(28)29)11-15(12-23-20)25-32(30,31)19-8-6-5-7-18(19)22/h5-8,10-12,25H,4,9,13H2,1-3H3,(H,28,29). The van der Waals surface area contributed by atoms with Crippen molar-refractivity contribution in [3.05, 3.63) is 64.6 Å². The summed E-state index contributed by atoms with van der Waals surface area (Å²) in [5.41, 5.74) is 1.68. The van der Waals surface area contributed by atoms with Crippen molar-refractivity contribution < 1.29 is 18.3 Å². The highest BCUT2D eigenvalue weighted by atomic mass is 35.5. The quantitative estimate of drug-likeness (QED) is 0.481. The first kappa shape index (κ1) is 23.6. The molecule has 2 heterocycles. The van der Waals surface area contributed by atoms with E-state index in [2.05, 4.69) is 21.7 Å². The Labute approximate surface area is 191 Å². The lowest BCUT2D eigenvalue weighted by atomic mass is 10.2. The number of sulfonamides is 1. The van der Waals surface area contributed by atoms with Gasteiger partial charge in [-0.25, -0.2) is 18.2 Å². The number of carboxylic acid groups (broad SMARTS) is 1. The van der Waals surface area contributed by atoms with Crippen molar-refractivity contribution in [2.75, 3.05) is 16.7 Å². The van der Waals surface area contributed by atoms with Gasteiger partial charge in [-0.3, -0.25) is 9.40 Å². The molecule has 0 aliphatic heterocycles. The Balaban J connectivity index is 1.90. The first-order chi connectivity index (χ1) is 15.1. The maximum Gasteiger partial charge on any atom is 0.339 e. The van der Waals surface area contributed by atoms with E-state index >= 15 is 0 Å². The zero-order valence-corrected chi connectivity index (χ0v) is 19.5. The van der Waals surface area contributed by atoms with Crippen LogP contribution in [-0.4, -0.2) is 41.3 Å². The Bertz CT molecular complexity index is 1240. The van der Waals surface area contributed by atoms with Crippen molar-refractivity contribution in [3.8, 4) is 0 Å². The maximum absolute atomic E-state index is 12.7. The third kappa shape index (κ3) is 5.20. The van der Waals surface area contributed by atoms with Crippen molar-refractivity contribution in [2.45, 2.75) is 38.3 Å². The van der Waals surface area contributed by atoms with E-state index in [1.54, 1.807) is 24.1 Å². The summed E-state index contributed by atoms with van der Waals surface area (Å²) in [5, 5.41) is 14.2. The molecule has 0 spiro atoms. The summed E-state index contributed by atoms with van der Waals surface area (Å²) < 4.78 is 29.6. The molecule has 0 atom stereocenters. The summed E-state index contributed by atoms with van der Waals surface area (Å²) in [7, 11) is -2.29. The predicted molar refractivity (Wildman–Crippen MR) is 123 cm³/mol. The van der Waals surface area contributed by atoms with Crippen molar-refractivity contribution in [1.82, 2.24) is 14.8 Å². The molecule has 9 nitrogen and oxygen atoms in total. The summed E-state index contributed by atoms with van der Waals surface area (Å²) in [6, 6.07) is 9.16. The van der Waals surface area contributed by atoms with Crippen LogP contribution in [0, 0.1) is 6.92 Å². The van der Waals surface area contributed by atoms with Crippen LogP contribution in [0.3, 0.4) is 0 Å². The fraction of sp³-hybridized carbons (Fsp3) is 0.286. The second-order valence-corrected chi connectivity index (χ2v) is 9.35. The molecule has 3 rings (SSSR count). The number of aryl methyl sites for hydroxylation is 2. The third-order valence-corrected chi connectivity index (χ3v) is 6.54.